The summed E-state index contributed by atoms with van der Waals surface area (Å²) >= 11 is 0. The standard InChI is InChI=1S/C27H32F3NO/c1-15(2)22-19-21(20-18(31-22)13-24(3,4)14-26(20)11-12-26)25(5,6)32-23(19)16-7-9-17(10-8-16)27(28,29)30/h7-10,15,23H,11-14H2,1-6H3/t23-/m1/s1. The molecule has 1 saturated carbocycles. The molecule has 1 atom stereocenters. The van der Waals surface area contributed by atoms with Crippen molar-refractivity contribution < 1.29 is 17.9 Å². The van der Waals surface area contributed by atoms with Gasteiger partial charge in [-0.15, -0.1) is 0 Å². The minimum Gasteiger partial charge on any atom is -0.358 e. The van der Waals surface area contributed by atoms with Crippen LogP contribution in [0.25, 0.3) is 0 Å². The van der Waals surface area contributed by atoms with Crippen molar-refractivity contribution in [2.75, 3.05) is 0 Å². The van der Waals surface area contributed by atoms with E-state index in [-0.39, 0.29) is 16.7 Å². The van der Waals surface area contributed by atoms with Crippen LogP contribution in [0.3, 0.4) is 0 Å². The van der Waals surface area contributed by atoms with E-state index in [9.17, 15) is 13.2 Å². The first-order valence-corrected chi connectivity index (χ1v) is 11.7. The number of ether oxygens (including phenoxy) is 1. The third-order valence-electron chi connectivity index (χ3n) is 7.55. The van der Waals surface area contributed by atoms with E-state index in [1.54, 1.807) is 12.1 Å². The van der Waals surface area contributed by atoms with E-state index in [4.69, 9.17) is 9.72 Å². The number of fused-ring (bicyclic) bond motifs is 4. The number of hydrogen-bond acceptors (Lipinski definition) is 2. The van der Waals surface area contributed by atoms with Gasteiger partial charge in [0.05, 0.1) is 11.2 Å². The van der Waals surface area contributed by atoms with Crippen LogP contribution < -0.4 is 0 Å². The van der Waals surface area contributed by atoms with Crippen molar-refractivity contribution in [3.05, 3.63) is 63.5 Å². The Morgan fingerprint density at radius 1 is 1.00 bits per heavy atom. The highest BCUT2D eigenvalue weighted by molar-refractivity contribution is 5.57. The van der Waals surface area contributed by atoms with Gasteiger partial charge in [0, 0.05) is 17.0 Å². The molecule has 172 valence electrons. The summed E-state index contributed by atoms with van der Waals surface area (Å²) in [5.41, 5.74) is 5.98. The van der Waals surface area contributed by atoms with Crippen molar-refractivity contribution in [3.8, 4) is 0 Å². The molecule has 1 aliphatic heterocycles. The average molecular weight is 444 g/mol. The van der Waals surface area contributed by atoms with Gasteiger partial charge >= 0.3 is 6.18 Å². The molecule has 1 aromatic carbocycles. The first-order valence-electron chi connectivity index (χ1n) is 11.7. The molecule has 32 heavy (non-hydrogen) atoms. The number of hydrogen-bond donors (Lipinski definition) is 0. The van der Waals surface area contributed by atoms with Gasteiger partial charge in [0.25, 0.3) is 0 Å². The zero-order valence-corrected chi connectivity index (χ0v) is 19.8. The van der Waals surface area contributed by atoms with Crippen LogP contribution in [-0.2, 0) is 28.4 Å². The second-order valence-corrected chi connectivity index (χ2v) is 11.7. The largest absolute Gasteiger partial charge is 0.416 e. The van der Waals surface area contributed by atoms with Crippen LogP contribution in [-0.4, -0.2) is 4.98 Å². The smallest absolute Gasteiger partial charge is 0.358 e. The summed E-state index contributed by atoms with van der Waals surface area (Å²) < 4.78 is 46.0. The predicted molar refractivity (Wildman–Crippen MR) is 119 cm³/mol. The van der Waals surface area contributed by atoms with Gasteiger partial charge in [-0.25, -0.2) is 0 Å². The normalized spacial score (nSPS) is 24.5. The fraction of sp³-hybridized carbons (Fsp3) is 0.593. The van der Waals surface area contributed by atoms with Gasteiger partial charge in [0.1, 0.15) is 6.10 Å². The molecular weight excluding hydrogens is 411 g/mol. The van der Waals surface area contributed by atoms with E-state index >= 15 is 0 Å². The fourth-order valence-corrected chi connectivity index (χ4v) is 6.29. The molecule has 5 rings (SSSR count). The molecule has 2 aliphatic carbocycles. The monoisotopic (exact) mass is 443 g/mol. The molecule has 0 bridgehead atoms. The van der Waals surface area contributed by atoms with E-state index in [1.807, 2.05) is 0 Å². The summed E-state index contributed by atoms with van der Waals surface area (Å²) in [4.78, 5) is 5.25. The Hall–Kier alpha value is -1.88. The van der Waals surface area contributed by atoms with Crippen molar-refractivity contribution >= 4 is 0 Å². The summed E-state index contributed by atoms with van der Waals surface area (Å²) in [6.45, 7) is 13.2. The highest BCUT2D eigenvalue weighted by Crippen LogP contribution is 2.64. The average Bonchev–Trinajstić information content (AvgIpc) is 3.36. The van der Waals surface area contributed by atoms with Gasteiger partial charge < -0.3 is 4.74 Å². The SMILES string of the molecule is CC(C)c1nc2c(c3c1[C@@H](c1ccc(C(F)(F)F)cc1)OC3(C)C)C1(CC1)CC(C)(C)C2. The van der Waals surface area contributed by atoms with Gasteiger partial charge in [0.2, 0.25) is 0 Å². The Balaban J connectivity index is 1.72. The lowest BCUT2D eigenvalue weighted by molar-refractivity contribution is -0.137. The van der Waals surface area contributed by atoms with E-state index in [1.165, 1.54) is 29.7 Å². The van der Waals surface area contributed by atoms with Crippen LogP contribution in [0.15, 0.2) is 24.3 Å². The maximum Gasteiger partial charge on any atom is 0.416 e. The maximum absolute atomic E-state index is 13.1. The maximum atomic E-state index is 13.1. The molecule has 0 unspecified atom stereocenters. The van der Waals surface area contributed by atoms with Gasteiger partial charge in [-0.1, -0.05) is 39.8 Å². The van der Waals surface area contributed by atoms with Crippen molar-refractivity contribution in [2.45, 2.75) is 96.4 Å². The lowest BCUT2D eigenvalue weighted by Crippen LogP contribution is -2.34. The molecule has 0 saturated heterocycles. The molecule has 2 aromatic rings. The van der Waals surface area contributed by atoms with Crippen molar-refractivity contribution in [3.63, 3.8) is 0 Å². The summed E-state index contributed by atoms with van der Waals surface area (Å²) in [7, 11) is 0. The Bertz CT molecular complexity index is 1080. The van der Waals surface area contributed by atoms with Gasteiger partial charge in [-0.05, 0) is 85.1 Å². The van der Waals surface area contributed by atoms with Crippen LogP contribution >= 0.6 is 0 Å². The molecule has 1 fully saturated rings. The highest BCUT2D eigenvalue weighted by atomic mass is 19.4. The van der Waals surface area contributed by atoms with Gasteiger partial charge in [-0.2, -0.15) is 13.2 Å². The summed E-state index contributed by atoms with van der Waals surface area (Å²) in [5, 5.41) is 0. The lowest BCUT2D eigenvalue weighted by Gasteiger charge is -2.40. The Morgan fingerprint density at radius 3 is 2.16 bits per heavy atom. The molecule has 3 aliphatic rings. The quantitative estimate of drug-likeness (QED) is 0.477. The zero-order chi connectivity index (χ0) is 23.3. The van der Waals surface area contributed by atoms with Crippen molar-refractivity contribution in [1.82, 2.24) is 4.98 Å². The number of aromatic nitrogens is 1. The molecule has 1 aromatic heterocycles. The van der Waals surface area contributed by atoms with E-state index in [2.05, 4.69) is 41.5 Å². The van der Waals surface area contributed by atoms with E-state index in [0.717, 1.165) is 41.8 Å². The van der Waals surface area contributed by atoms with Crippen LogP contribution in [0.4, 0.5) is 13.2 Å². The minimum atomic E-state index is -4.35. The van der Waals surface area contributed by atoms with Crippen LogP contribution in [0.1, 0.15) is 112 Å². The lowest BCUT2D eigenvalue weighted by atomic mass is 9.65. The van der Waals surface area contributed by atoms with Crippen molar-refractivity contribution in [1.29, 1.82) is 0 Å². The zero-order valence-electron chi connectivity index (χ0n) is 19.8. The first-order chi connectivity index (χ1) is 14.7. The number of rotatable bonds is 2. The molecule has 0 N–H and O–H groups in total. The van der Waals surface area contributed by atoms with Gasteiger partial charge in [-0.3, -0.25) is 4.98 Å². The number of halogens is 3. The Morgan fingerprint density at radius 2 is 1.62 bits per heavy atom. The number of pyridine rings is 1. The predicted octanol–water partition coefficient (Wildman–Crippen LogP) is 7.58. The molecule has 0 amide bonds. The molecule has 2 nitrogen and oxygen atoms in total. The Kier molecular flexibility index (Phi) is 4.52. The first kappa shape index (κ1) is 21.9. The molecule has 1 spiro atoms. The minimum absolute atomic E-state index is 0.180. The van der Waals surface area contributed by atoms with Crippen LogP contribution in [0.2, 0.25) is 0 Å². The van der Waals surface area contributed by atoms with Gasteiger partial charge in [0.15, 0.2) is 0 Å². The second kappa shape index (κ2) is 6.59. The van der Waals surface area contributed by atoms with E-state index < -0.39 is 23.4 Å². The molecule has 5 heteroatoms. The van der Waals surface area contributed by atoms with E-state index in [0.29, 0.717) is 0 Å². The topological polar surface area (TPSA) is 22.1 Å². The fourth-order valence-electron chi connectivity index (χ4n) is 6.29. The second-order valence-electron chi connectivity index (χ2n) is 11.7. The van der Waals surface area contributed by atoms with Crippen LogP contribution in [0.5, 0.6) is 0 Å². The third-order valence-corrected chi connectivity index (χ3v) is 7.55. The summed E-state index contributed by atoms with van der Waals surface area (Å²) in [5.74, 6) is 0.198. The number of nitrogens with zero attached hydrogens (tertiary/aromatic N) is 1. The molecule has 0 radical (unpaired) electrons. The summed E-state index contributed by atoms with van der Waals surface area (Å²) in [6.07, 6.45) is -0.273. The Labute approximate surface area is 188 Å². The summed E-state index contributed by atoms with van der Waals surface area (Å²) in [6, 6.07) is 5.46. The highest BCUT2D eigenvalue weighted by Gasteiger charge is 2.57. The third kappa shape index (κ3) is 3.30. The molecule has 2 heterocycles. The van der Waals surface area contributed by atoms with Crippen LogP contribution in [0, 0.1) is 5.41 Å². The number of alkyl halides is 3. The number of benzene rings is 1. The molecular formula is C27H32F3NO. The van der Waals surface area contributed by atoms with Crippen molar-refractivity contribution in [2.24, 2.45) is 5.41 Å².